The van der Waals surface area contributed by atoms with Crippen molar-refractivity contribution in [2.45, 2.75) is 19.9 Å². The molecule has 4 aromatic rings. The lowest BCUT2D eigenvalue weighted by Gasteiger charge is -2.01. The lowest BCUT2D eigenvalue weighted by molar-refractivity contribution is 0.574. The fraction of sp³-hybridized carbons (Fsp3) is 0.222. The molecule has 2 heterocycles. The molecule has 0 spiro atoms. The molecule has 0 amide bonds. The first-order valence-electron chi connectivity index (χ1n) is 7.63. The van der Waals surface area contributed by atoms with Gasteiger partial charge in [0.05, 0.1) is 21.5 Å². The van der Waals surface area contributed by atoms with Gasteiger partial charge in [0.2, 0.25) is 0 Å². The van der Waals surface area contributed by atoms with Gasteiger partial charge in [0.25, 0.3) is 22.2 Å². The molecule has 0 saturated carbocycles. The molecule has 0 aliphatic rings. The number of rotatable bonds is 1. The van der Waals surface area contributed by atoms with Crippen LogP contribution in [-0.2, 0) is 7.05 Å². The zero-order valence-corrected chi connectivity index (χ0v) is 13.4. The highest BCUT2D eigenvalue weighted by Crippen LogP contribution is 2.23. The number of hydrogen-bond donors (Lipinski definition) is 0. The van der Waals surface area contributed by atoms with Gasteiger partial charge in [0.15, 0.2) is 0 Å². The Kier molecular flexibility index (Phi) is 2.73. The third-order valence-electron chi connectivity index (χ3n) is 4.60. The molecule has 0 bridgehead atoms. The Balaban J connectivity index is 2.25. The van der Waals surface area contributed by atoms with E-state index in [9.17, 15) is 19.2 Å². The lowest BCUT2D eigenvalue weighted by atomic mass is 10.0. The smallest absolute Gasteiger partial charge is 0.261 e. The Morgan fingerprint density at radius 2 is 1.00 bits per heavy atom. The molecule has 2 aromatic carbocycles. The first kappa shape index (κ1) is 14.6. The van der Waals surface area contributed by atoms with Gasteiger partial charge in [-0.25, -0.2) is 0 Å². The minimum atomic E-state index is -0.358. The summed E-state index contributed by atoms with van der Waals surface area (Å²) < 4.78 is 2.29. The van der Waals surface area contributed by atoms with Gasteiger partial charge < -0.3 is 0 Å². The highest BCUT2D eigenvalue weighted by Gasteiger charge is 2.17. The summed E-state index contributed by atoms with van der Waals surface area (Å²) in [7, 11) is 1.43. The summed E-state index contributed by atoms with van der Waals surface area (Å²) in [5, 5.41) is 2.66. The zero-order chi connectivity index (χ0) is 17.3. The van der Waals surface area contributed by atoms with Gasteiger partial charge in [-0.05, 0) is 48.9 Å². The summed E-state index contributed by atoms with van der Waals surface area (Å²) in [6.45, 7) is 3.56. The third kappa shape index (κ3) is 1.65. The monoisotopic (exact) mass is 322 g/mol. The van der Waals surface area contributed by atoms with Crippen molar-refractivity contribution < 1.29 is 0 Å². The molecule has 0 atom stereocenters. The number of aromatic nitrogens is 2. The van der Waals surface area contributed by atoms with E-state index in [0.29, 0.717) is 32.3 Å². The summed E-state index contributed by atoms with van der Waals surface area (Å²) in [4.78, 5) is 49.2. The normalized spacial score (nSPS) is 12.2. The number of fused-ring (bicyclic) bond motifs is 3. The maximum atomic E-state index is 12.5. The van der Waals surface area contributed by atoms with Gasteiger partial charge in [0, 0.05) is 13.1 Å². The van der Waals surface area contributed by atoms with Crippen LogP contribution in [0.4, 0.5) is 0 Å². The van der Waals surface area contributed by atoms with E-state index in [2.05, 4.69) is 0 Å². The first-order chi connectivity index (χ1) is 11.3. The average molecular weight is 322 g/mol. The van der Waals surface area contributed by atoms with Gasteiger partial charge in [0.1, 0.15) is 0 Å². The van der Waals surface area contributed by atoms with Crippen molar-refractivity contribution in [2.75, 3.05) is 0 Å². The summed E-state index contributed by atoms with van der Waals surface area (Å²) in [6, 6.07) is 6.25. The van der Waals surface area contributed by atoms with Gasteiger partial charge in [-0.1, -0.05) is 0 Å². The van der Waals surface area contributed by atoms with Crippen LogP contribution in [0.15, 0.2) is 43.4 Å². The van der Waals surface area contributed by atoms with E-state index in [-0.39, 0.29) is 28.3 Å². The fourth-order valence-electron chi connectivity index (χ4n) is 3.33. The van der Waals surface area contributed by atoms with E-state index in [1.54, 1.807) is 38.1 Å². The Bertz CT molecular complexity index is 1260. The molecule has 120 valence electrons. The average Bonchev–Trinajstić information content (AvgIpc) is 2.91. The van der Waals surface area contributed by atoms with Crippen molar-refractivity contribution in [1.82, 2.24) is 9.13 Å². The molecule has 0 fully saturated rings. The van der Waals surface area contributed by atoms with Crippen LogP contribution in [0.3, 0.4) is 0 Å². The summed E-state index contributed by atoms with van der Waals surface area (Å²) in [5.74, 6) is 0. The minimum Gasteiger partial charge on any atom is -0.277 e. The number of benzene rings is 2. The molecule has 0 unspecified atom stereocenters. The van der Waals surface area contributed by atoms with Gasteiger partial charge in [-0.3, -0.25) is 28.3 Å². The summed E-state index contributed by atoms with van der Waals surface area (Å²) >= 11 is 0. The van der Waals surface area contributed by atoms with E-state index in [0.717, 1.165) is 4.57 Å². The maximum absolute atomic E-state index is 12.5. The van der Waals surface area contributed by atoms with Crippen molar-refractivity contribution in [1.29, 1.82) is 0 Å². The quantitative estimate of drug-likeness (QED) is 0.527. The van der Waals surface area contributed by atoms with E-state index in [1.165, 1.54) is 11.6 Å². The second kappa shape index (κ2) is 4.50. The predicted molar refractivity (Wildman–Crippen MR) is 93.8 cm³/mol. The Morgan fingerprint density at radius 3 is 1.33 bits per heavy atom. The molecular formula is C18H14N2O4. The van der Waals surface area contributed by atoms with Crippen molar-refractivity contribution in [3.05, 3.63) is 65.7 Å². The molecule has 6 nitrogen and oxygen atoms in total. The third-order valence-corrected chi connectivity index (χ3v) is 4.60. The van der Waals surface area contributed by atoms with E-state index in [1.807, 2.05) is 0 Å². The van der Waals surface area contributed by atoms with Crippen molar-refractivity contribution in [2.24, 2.45) is 7.05 Å². The highest BCUT2D eigenvalue weighted by atomic mass is 16.2. The molecule has 24 heavy (non-hydrogen) atoms. The minimum absolute atomic E-state index is 0.234. The molecule has 4 rings (SSSR count). The van der Waals surface area contributed by atoms with E-state index < -0.39 is 0 Å². The van der Waals surface area contributed by atoms with Crippen LogP contribution < -0.4 is 22.2 Å². The van der Waals surface area contributed by atoms with Crippen molar-refractivity contribution in [3.8, 4) is 0 Å². The molecule has 0 aliphatic carbocycles. The fourth-order valence-corrected chi connectivity index (χ4v) is 3.33. The zero-order valence-electron chi connectivity index (χ0n) is 13.4. The van der Waals surface area contributed by atoms with Crippen LogP contribution in [-0.4, -0.2) is 9.13 Å². The summed E-state index contributed by atoms with van der Waals surface area (Å²) in [5.41, 5.74) is -1.37. The molecule has 0 aliphatic heterocycles. The summed E-state index contributed by atoms with van der Waals surface area (Å²) in [6.07, 6.45) is 0. The molecule has 2 aromatic heterocycles. The maximum Gasteiger partial charge on any atom is 0.261 e. The van der Waals surface area contributed by atoms with Crippen LogP contribution in [0.25, 0.3) is 32.3 Å². The second-order valence-corrected chi connectivity index (χ2v) is 6.39. The Morgan fingerprint density at radius 1 is 0.667 bits per heavy atom. The predicted octanol–water partition coefficient (Wildman–Crippen LogP) is 1.18. The van der Waals surface area contributed by atoms with Crippen LogP contribution in [0, 0.1) is 0 Å². The van der Waals surface area contributed by atoms with Crippen LogP contribution in [0.5, 0.6) is 0 Å². The molecular weight excluding hydrogens is 308 g/mol. The lowest BCUT2D eigenvalue weighted by Crippen LogP contribution is -2.26. The van der Waals surface area contributed by atoms with Gasteiger partial charge in [-0.2, -0.15) is 0 Å². The van der Waals surface area contributed by atoms with E-state index >= 15 is 0 Å². The number of nitrogens with zero attached hydrogens (tertiary/aromatic N) is 2. The van der Waals surface area contributed by atoms with Crippen LogP contribution in [0.1, 0.15) is 19.9 Å². The van der Waals surface area contributed by atoms with Crippen LogP contribution in [0.2, 0.25) is 0 Å². The number of hydrogen-bond acceptors (Lipinski definition) is 4. The van der Waals surface area contributed by atoms with E-state index in [4.69, 9.17) is 0 Å². The largest absolute Gasteiger partial charge is 0.277 e. The molecule has 0 radical (unpaired) electrons. The molecule has 6 heteroatoms. The molecule has 0 N–H and O–H groups in total. The SMILES string of the molecule is CC(C)n1c(=O)c2cc3cc4c(=O)n(C)c(=O)c4cc3cc2c1=O. The van der Waals surface area contributed by atoms with Gasteiger partial charge in [-0.15, -0.1) is 0 Å². The first-order valence-corrected chi connectivity index (χ1v) is 7.63. The van der Waals surface area contributed by atoms with Gasteiger partial charge >= 0.3 is 0 Å². The second-order valence-electron chi connectivity index (χ2n) is 6.39. The Hall–Kier alpha value is -3.02. The standard InChI is InChI=1S/C18H14N2O4/c1-8(2)20-17(23)13-6-9-4-11-12(16(22)19(3)15(11)21)5-10(9)7-14(13)18(20)24/h4-8H,1-3H3. The topological polar surface area (TPSA) is 78.1 Å². The van der Waals surface area contributed by atoms with Crippen LogP contribution >= 0.6 is 0 Å². The molecule has 0 saturated heterocycles. The Labute approximate surface area is 134 Å². The van der Waals surface area contributed by atoms with Crippen molar-refractivity contribution in [3.63, 3.8) is 0 Å². The highest BCUT2D eigenvalue weighted by molar-refractivity contribution is 6.04. The van der Waals surface area contributed by atoms with Crippen molar-refractivity contribution >= 4 is 32.3 Å².